The molecule has 0 unspecified atom stereocenters. The molecule has 25 heavy (non-hydrogen) atoms. The van der Waals surface area contributed by atoms with Crippen molar-refractivity contribution in [3.8, 4) is 0 Å². The zero-order valence-electron chi connectivity index (χ0n) is 14.6. The standard InChI is InChI=1S/C21H24N4/c1-2-25(17-19-11-7-4-8-12-19)20-14-16-23-21(24-20)22-15-13-18-9-5-3-6-10-18/h3-12,14,16H,2,13,15,17H2,1H3,(H,22,23,24). The minimum atomic E-state index is 0.681. The number of hydrogen-bond acceptors (Lipinski definition) is 4. The maximum Gasteiger partial charge on any atom is 0.224 e. The van der Waals surface area contributed by atoms with Gasteiger partial charge in [0, 0.05) is 25.8 Å². The van der Waals surface area contributed by atoms with Crippen molar-refractivity contribution in [2.75, 3.05) is 23.3 Å². The van der Waals surface area contributed by atoms with Gasteiger partial charge in [-0.05, 0) is 30.5 Å². The highest BCUT2D eigenvalue weighted by Gasteiger charge is 2.08. The summed E-state index contributed by atoms with van der Waals surface area (Å²) in [5.74, 6) is 1.63. The lowest BCUT2D eigenvalue weighted by atomic mass is 10.1. The van der Waals surface area contributed by atoms with E-state index in [2.05, 4.69) is 75.6 Å². The van der Waals surface area contributed by atoms with E-state index >= 15 is 0 Å². The monoisotopic (exact) mass is 332 g/mol. The zero-order chi connectivity index (χ0) is 17.3. The van der Waals surface area contributed by atoms with Crippen molar-refractivity contribution in [3.05, 3.63) is 84.1 Å². The van der Waals surface area contributed by atoms with Crippen LogP contribution in [0.15, 0.2) is 72.9 Å². The number of nitrogens with zero attached hydrogens (tertiary/aromatic N) is 3. The third-order valence-corrected chi connectivity index (χ3v) is 4.10. The van der Waals surface area contributed by atoms with Crippen LogP contribution in [0, 0.1) is 0 Å². The molecule has 2 aromatic carbocycles. The summed E-state index contributed by atoms with van der Waals surface area (Å²) < 4.78 is 0. The summed E-state index contributed by atoms with van der Waals surface area (Å²) in [5.41, 5.74) is 2.59. The Kier molecular flexibility index (Phi) is 5.99. The first-order valence-electron chi connectivity index (χ1n) is 8.75. The Balaban J connectivity index is 1.61. The molecule has 0 aliphatic heterocycles. The van der Waals surface area contributed by atoms with Crippen LogP contribution in [0.1, 0.15) is 18.1 Å². The molecule has 0 fully saturated rings. The van der Waals surface area contributed by atoms with Crippen LogP contribution in [0.4, 0.5) is 11.8 Å². The summed E-state index contributed by atoms with van der Waals surface area (Å²) in [7, 11) is 0. The zero-order valence-corrected chi connectivity index (χ0v) is 14.6. The average Bonchev–Trinajstić information content (AvgIpc) is 2.68. The Morgan fingerprint density at radius 1 is 0.880 bits per heavy atom. The Bertz CT molecular complexity index is 759. The van der Waals surface area contributed by atoms with Crippen LogP contribution in [0.5, 0.6) is 0 Å². The molecule has 0 spiro atoms. The van der Waals surface area contributed by atoms with Gasteiger partial charge in [0.05, 0.1) is 0 Å². The van der Waals surface area contributed by atoms with Gasteiger partial charge in [0.15, 0.2) is 0 Å². The molecule has 3 aromatic rings. The second-order valence-corrected chi connectivity index (χ2v) is 5.90. The first-order valence-corrected chi connectivity index (χ1v) is 8.75. The number of nitrogens with one attached hydrogen (secondary N) is 1. The van der Waals surface area contributed by atoms with Crippen LogP contribution in [0.25, 0.3) is 0 Å². The van der Waals surface area contributed by atoms with Gasteiger partial charge in [-0.15, -0.1) is 0 Å². The van der Waals surface area contributed by atoms with Crippen LogP contribution in [-0.2, 0) is 13.0 Å². The van der Waals surface area contributed by atoms with Gasteiger partial charge in [-0.3, -0.25) is 0 Å². The minimum absolute atomic E-state index is 0.681. The van der Waals surface area contributed by atoms with E-state index in [0.29, 0.717) is 5.95 Å². The van der Waals surface area contributed by atoms with Gasteiger partial charge < -0.3 is 10.2 Å². The molecular formula is C21H24N4. The molecule has 0 bridgehead atoms. The van der Waals surface area contributed by atoms with E-state index in [1.807, 2.05) is 24.4 Å². The van der Waals surface area contributed by atoms with E-state index in [0.717, 1.165) is 31.9 Å². The topological polar surface area (TPSA) is 41.1 Å². The third kappa shape index (κ3) is 5.05. The van der Waals surface area contributed by atoms with E-state index in [4.69, 9.17) is 0 Å². The van der Waals surface area contributed by atoms with Crippen molar-refractivity contribution in [1.82, 2.24) is 9.97 Å². The van der Waals surface area contributed by atoms with Crippen LogP contribution < -0.4 is 10.2 Å². The Labute approximate surface area is 149 Å². The van der Waals surface area contributed by atoms with E-state index in [1.54, 1.807) is 0 Å². The Hall–Kier alpha value is -2.88. The number of aromatic nitrogens is 2. The summed E-state index contributed by atoms with van der Waals surface area (Å²) in [6, 6.07) is 22.9. The summed E-state index contributed by atoms with van der Waals surface area (Å²) in [6.45, 7) is 4.71. The molecule has 0 saturated heterocycles. The lowest BCUT2D eigenvalue weighted by molar-refractivity contribution is 0.809. The smallest absolute Gasteiger partial charge is 0.224 e. The van der Waals surface area contributed by atoms with Crippen LogP contribution in [0.3, 0.4) is 0 Å². The number of benzene rings is 2. The van der Waals surface area contributed by atoms with Crippen molar-refractivity contribution >= 4 is 11.8 Å². The maximum absolute atomic E-state index is 4.67. The summed E-state index contributed by atoms with van der Waals surface area (Å²) in [4.78, 5) is 11.3. The number of anilines is 2. The van der Waals surface area contributed by atoms with Crippen molar-refractivity contribution in [1.29, 1.82) is 0 Å². The molecule has 128 valence electrons. The molecule has 0 aliphatic rings. The van der Waals surface area contributed by atoms with Gasteiger partial charge in [-0.1, -0.05) is 60.7 Å². The molecule has 1 aromatic heterocycles. The van der Waals surface area contributed by atoms with Gasteiger partial charge in [0.2, 0.25) is 5.95 Å². The number of rotatable bonds is 8. The third-order valence-electron chi connectivity index (χ3n) is 4.10. The molecule has 0 atom stereocenters. The van der Waals surface area contributed by atoms with Gasteiger partial charge in [-0.2, -0.15) is 4.98 Å². The van der Waals surface area contributed by atoms with Crippen molar-refractivity contribution in [3.63, 3.8) is 0 Å². The SMILES string of the molecule is CCN(Cc1ccccc1)c1ccnc(NCCc2ccccc2)n1. The first kappa shape index (κ1) is 17.0. The van der Waals surface area contributed by atoms with E-state index in [9.17, 15) is 0 Å². The van der Waals surface area contributed by atoms with Gasteiger partial charge >= 0.3 is 0 Å². The highest BCUT2D eigenvalue weighted by molar-refractivity contribution is 5.43. The molecule has 0 amide bonds. The second-order valence-electron chi connectivity index (χ2n) is 5.90. The molecule has 1 heterocycles. The van der Waals surface area contributed by atoms with Crippen LogP contribution >= 0.6 is 0 Å². The molecule has 1 N–H and O–H groups in total. The molecule has 4 nitrogen and oxygen atoms in total. The lowest BCUT2D eigenvalue weighted by Crippen LogP contribution is -2.23. The average molecular weight is 332 g/mol. The lowest BCUT2D eigenvalue weighted by Gasteiger charge is -2.22. The first-order chi connectivity index (χ1) is 12.3. The van der Waals surface area contributed by atoms with Crippen LogP contribution in [-0.4, -0.2) is 23.1 Å². The summed E-state index contributed by atoms with van der Waals surface area (Å²) >= 11 is 0. The molecule has 0 saturated carbocycles. The summed E-state index contributed by atoms with van der Waals surface area (Å²) in [5, 5.41) is 3.33. The summed E-state index contributed by atoms with van der Waals surface area (Å²) in [6.07, 6.45) is 2.77. The maximum atomic E-state index is 4.67. The van der Waals surface area contributed by atoms with Crippen molar-refractivity contribution < 1.29 is 0 Å². The molecular weight excluding hydrogens is 308 g/mol. The van der Waals surface area contributed by atoms with E-state index in [1.165, 1.54) is 11.1 Å². The number of hydrogen-bond donors (Lipinski definition) is 1. The largest absolute Gasteiger partial charge is 0.354 e. The quantitative estimate of drug-likeness (QED) is 0.672. The predicted octanol–water partition coefficient (Wildman–Crippen LogP) is 4.16. The fourth-order valence-corrected chi connectivity index (χ4v) is 2.73. The molecule has 0 radical (unpaired) electrons. The highest BCUT2D eigenvalue weighted by Crippen LogP contribution is 2.15. The molecule has 0 aliphatic carbocycles. The van der Waals surface area contributed by atoms with Crippen molar-refractivity contribution in [2.45, 2.75) is 19.9 Å². The van der Waals surface area contributed by atoms with Gasteiger partial charge in [0.25, 0.3) is 0 Å². The fraction of sp³-hybridized carbons (Fsp3) is 0.238. The fourth-order valence-electron chi connectivity index (χ4n) is 2.73. The highest BCUT2D eigenvalue weighted by atomic mass is 15.2. The predicted molar refractivity (Wildman–Crippen MR) is 104 cm³/mol. The van der Waals surface area contributed by atoms with Crippen LogP contribution in [0.2, 0.25) is 0 Å². The normalized spacial score (nSPS) is 10.4. The van der Waals surface area contributed by atoms with Gasteiger partial charge in [0.1, 0.15) is 5.82 Å². The van der Waals surface area contributed by atoms with Gasteiger partial charge in [-0.25, -0.2) is 4.98 Å². The minimum Gasteiger partial charge on any atom is -0.354 e. The molecule has 4 heteroatoms. The Morgan fingerprint density at radius 2 is 1.56 bits per heavy atom. The van der Waals surface area contributed by atoms with E-state index < -0.39 is 0 Å². The van der Waals surface area contributed by atoms with Crippen molar-refractivity contribution in [2.24, 2.45) is 0 Å². The molecule has 3 rings (SSSR count). The second kappa shape index (κ2) is 8.83. The van der Waals surface area contributed by atoms with E-state index in [-0.39, 0.29) is 0 Å². The Morgan fingerprint density at radius 3 is 2.24 bits per heavy atom.